The van der Waals surface area contributed by atoms with Gasteiger partial charge in [0.05, 0.1) is 23.9 Å². The topological polar surface area (TPSA) is 105 Å². The molecule has 1 fully saturated rings. The minimum Gasteiger partial charge on any atom is -0.444 e. The molecule has 0 bridgehead atoms. The summed E-state index contributed by atoms with van der Waals surface area (Å²) in [7, 11) is 1.71. The Morgan fingerprint density at radius 3 is 2.85 bits per heavy atom. The molecule has 34 heavy (non-hydrogen) atoms. The normalized spacial score (nSPS) is 16.3. The van der Waals surface area contributed by atoms with Crippen LogP contribution >= 0.6 is 0 Å². The molecule has 9 heteroatoms. The van der Waals surface area contributed by atoms with Crippen LogP contribution in [-0.4, -0.2) is 44.9 Å². The van der Waals surface area contributed by atoms with Gasteiger partial charge in [-0.2, -0.15) is 5.26 Å². The highest BCUT2D eigenvalue weighted by molar-refractivity contribution is 5.87. The lowest BCUT2D eigenvalue weighted by molar-refractivity contribution is 0.0500. The molecule has 1 N–H and O–H groups in total. The van der Waals surface area contributed by atoms with Crippen molar-refractivity contribution in [1.82, 2.24) is 19.4 Å². The number of benzene rings is 1. The summed E-state index contributed by atoms with van der Waals surface area (Å²) in [6.45, 7) is 7.26. The van der Waals surface area contributed by atoms with Crippen molar-refractivity contribution >= 4 is 22.9 Å². The van der Waals surface area contributed by atoms with Crippen molar-refractivity contribution in [2.24, 2.45) is 7.05 Å². The fourth-order valence-corrected chi connectivity index (χ4v) is 4.42. The Morgan fingerprint density at radius 1 is 1.32 bits per heavy atom. The number of imidazole rings is 1. The maximum atomic E-state index is 13.2. The number of anilines is 1. The van der Waals surface area contributed by atoms with Crippen molar-refractivity contribution in [3.8, 4) is 6.07 Å². The maximum Gasteiger partial charge on any atom is 0.407 e. The van der Waals surface area contributed by atoms with Crippen molar-refractivity contribution in [3.63, 3.8) is 0 Å². The molecule has 0 spiro atoms. The van der Waals surface area contributed by atoms with Gasteiger partial charge in [-0.05, 0) is 57.4 Å². The van der Waals surface area contributed by atoms with Gasteiger partial charge in [0.2, 0.25) is 0 Å². The Morgan fingerprint density at radius 2 is 2.12 bits per heavy atom. The van der Waals surface area contributed by atoms with Crippen molar-refractivity contribution in [2.45, 2.75) is 51.8 Å². The fraction of sp³-hybridized carbons (Fsp3) is 0.440. The van der Waals surface area contributed by atoms with Gasteiger partial charge >= 0.3 is 11.8 Å². The molecule has 1 saturated heterocycles. The van der Waals surface area contributed by atoms with E-state index in [0.717, 1.165) is 36.2 Å². The first-order valence-electron chi connectivity index (χ1n) is 11.4. The smallest absolute Gasteiger partial charge is 0.407 e. The van der Waals surface area contributed by atoms with Crippen LogP contribution in [0.4, 0.5) is 10.5 Å². The Bertz CT molecular complexity index is 1310. The number of nitrogens with zero attached hydrogens (tertiary/aromatic N) is 5. The summed E-state index contributed by atoms with van der Waals surface area (Å²) in [6.07, 6.45) is 3.04. The lowest BCUT2D eigenvalue weighted by atomic mass is 10.0. The van der Waals surface area contributed by atoms with Gasteiger partial charge in [-0.3, -0.25) is 9.13 Å². The summed E-state index contributed by atoms with van der Waals surface area (Å²) in [5.41, 5.74) is 2.94. The van der Waals surface area contributed by atoms with E-state index in [-0.39, 0.29) is 11.7 Å². The second kappa shape index (κ2) is 9.21. The number of rotatable bonds is 4. The number of piperidine rings is 1. The molecule has 3 aromatic rings. The number of hydrogen-bond donors (Lipinski definition) is 1. The van der Waals surface area contributed by atoms with Crippen LogP contribution in [0.2, 0.25) is 0 Å². The van der Waals surface area contributed by atoms with Gasteiger partial charge in [0.1, 0.15) is 11.1 Å². The molecule has 9 nitrogen and oxygen atoms in total. The zero-order valence-electron chi connectivity index (χ0n) is 20.0. The van der Waals surface area contributed by atoms with Crippen LogP contribution in [0, 0.1) is 11.3 Å². The predicted octanol–water partition coefficient (Wildman–Crippen LogP) is 3.15. The fourth-order valence-electron chi connectivity index (χ4n) is 4.42. The molecule has 1 amide bonds. The van der Waals surface area contributed by atoms with Crippen LogP contribution in [-0.2, 0) is 18.3 Å². The zero-order valence-corrected chi connectivity index (χ0v) is 20.0. The molecule has 1 aromatic carbocycles. The van der Waals surface area contributed by atoms with E-state index in [2.05, 4.69) is 21.3 Å². The molecule has 1 unspecified atom stereocenters. The third kappa shape index (κ3) is 4.91. The van der Waals surface area contributed by atoms with Gasteiger partial charge in [-0.15, -0.1) is 0 Å². The van der Waals surface area contributed by atoms with E-state index < -0.39 is 11.7 Å². The standard InChI is InChI=1S/C25H30N6O3/c1-25(2,3)34-23(32)28-19-9-6-12-30(16-19)20-10-11-27-22-21(20)31(24(33)29(22)4)15-18-8-5-7-17(13-18)14-26/h5,7-8,10-11,13,19H,6,9,12,15-16H2,1-4H3,(H,28,32). The Hall–Kier alpha value is -3.80. The van der Waals surface area contributed by atoms with Crippen molar-refractivity contribution in [3.05, 3.63) is 58.1 Å². The number of pyridine rings is 1. The number of aromatic nitrogens is 3. The van der Waals surface area contributed by atoms with Crippen LogP contribution in [0.15, 0.2) is 41.3 Å². The van der Waals surface area contributed by atoms with Gasteiger partial charge in [0, 0.05) is 32.4 Å². The SMILES string of the molecule is Cn1c(=O)n(Cc2cccc(C#N)c2)c2c(N3CCCC(NC(=O)OC(C)(C)C)C3)ccnc21. The Balaban J connectivity index is 1.66. The summed E-state index contributed by atoms with van der Waals surface area (Å²) < 4.78 is 8.68. The van der Waals surface area contributed by atoms with E-state index in [1.54, 1.807) is 34.5 Å². The summed E-state index contributed by atoms with van der Waals surface area (Å²) in [6, 6.07) is 11.3. The molecular weight excluding hydrogens is 432 g/mol. The third-order valence-electron chi connectivity index (χ3n) is 5.87. The molecular formula is C25H30N6O3. The molecule has 1 aliphatic heterocycles. The number of aryl methyl sites for hydroxylation is 1. The third-order valence-corrected chi connectivity index (χ3v) is 5.87. The summed E-state index contributed by atoms with van der Waals surface area (Å²) in [4.78, 5) is 32.1. The average Bonchev–Trinajstić information content (AvgIpc) is 3.03. The van der Waals surface area contributed by atoms with Gasteiger partial charge in [0.25, 0.3) is 0 Å². The van der Waals surface area contributed by atoms with E-state index in [1.807, 2.05) is 39.0 Å². The maximum absolute atomic E-state index is 13.2. The number of ether oxygens (including phenoxy) is 1. The number of carbonyl (C=O) groups is 1. The van der Waals surface area contributed by atoms with Crippen LogP contribution < -0.4 is 15.9 Å². The summed E-state index contributed by atoms with van der Waals surface area (Å²) >= 11 is 0. The molecule has 3 heterocycles. The van der Waals surface area contributed by atoms with Crippen LogP contribution in [0.3, 0.4) is 0 Å². The zero-order chi connectivity index (χ0) is 24.5. The summed E-state index contributed by atoms with van der Waals surface area (Å²) in [5.74, 6) is 0. The number of alkyl carbamates (subject to hydrolysis) is 1. The first-order valence-corrected chi connectivity index (χ1v) is 11.4. The van der Waals surface area contributed by atoms with E-state index in [4.69, 9.17) is 4.74 Å². The number of fused-ring (bicyclic) bond motifs is 1. The molecule has 4 rings (SSSR count). The molecule has 1 atom stereocenters. The van der Waals surface area contributed by atoms with E-state index in [1.165, 1.54) is 0 Å². The molecule has 1 aliphatic rings. The van der Waals surface area contributed by atoms with Gasteiger partial charge < -0.3 is 15.0 Å². The van der Waals surface area contributed by atoms with Gasteiger partial charge in [-0.25, -0.2) is 14.6 Å². The lowest BCUT2D eigenvalue weighted by Gasteiger charge is -2.35. The Kier molecular flexibility index (Phi) is 6.33. The summed E-state index contributed by atoms with van der Waals surface area (Å²) in [5, 5.41) is 12.2. The van der Waals surface area contributed by atoms with E-state index in [9.17, 15) is 14.9 Å². The van der Waals surface area contributed by atoms with Crippen molar-refractivity contribution < 1.29 is 9.53 Å². The van der Waals surface area contributed by atoms with Crippen molar-refractivity contribution in [2.75, 3.05) is 18.0 Å². The number of carbonyl (C=O) groups excluding carboxylic acids is 1. The highest BCUT2D eigenvalue weighted by atomic mass is 16.6. The molecule has 2 aromatic heterocycles. The molecule has 0 aliphatic carbocycles. The minimum absolute atomic E-state index is 0.0667. The minimum atomic E-state index is -0.557. The number of hydrogen-bond acceptors (Lipinski definition) is 6. The number of nitrogens with one attached hydrogen (secondary N) is 1. The average molecular weight is 463 g/mol. The predicted molar refractivity (Wildman–Crippen MR) is 130 cm³/mol. The Labute approximate surface area is 198 Å². The van der Waals surface area contributed by atoms with Crippen LogP contribution in [0.5, 0.6) is 0 Å². The van der Waals surface area contributed by atoms with E-state index >= 15 is 0 Å². The first kappa shape index (κ1) is 23.4. The van der Waals surface area contributed by atoms with Crippen molar-refractivity contribution in [1.29, 1.82) is 5.26 Å². The van der Waals surface area contributed by atoms with Crippen LogP contribution in [0.1, 0.15) is 44.7 Å². The molecule has 0 saturated carbocycles. The monoisotopic (exact) mass is 462 g/mol. The van der Waals surface area contributed by atoms with Crippen LogP contribution in [0.25, 0.3) is 11.2 Å². The second-order valence-corrected chi connectivity index (χ2v) is 9.67. The molecule has 0 radical (unpaired) electrons. The highest BCUT2D eigenvalue weighted by Crippen LogP contribution is 2.28. The number of amides is 1. The molecule has 178 valence electrons. The first-order chi connectivity index (χ1) is 16.2. The second-order valence-electron chi connectivity index (χ2n) is 9.67. The highest BCUT2D eigenvalue weighted by Gasteiger charge is 2.27. The van der Waals surface area contributed by atoms with E-state index in [0.29, 0.717) is 24.3 Å². The largest absolute Gasteiger partial charge is 0.444 e. The van der Waals surface area contributed by atoms with Gasteiger partial charge in [0.15, 0.2) is 5.65 Å². The lowest BCUT2D eigenvalue weighted by Crippen LogP contribution is -2.49. The number of nitriles is 1. The quantitative estimate of drug-likeness (QED) is 0.639. The van der Waals surface area contributed by atoms with Gasteiger partial charge in [-0.1, -0.05) is 12.1 Å².